The standard InChI is InChI=1S/C20H30N8O2S/c1-28(2)11-5-7-17(29)21-9-10-23-19-24-14(13-30-3)12-16(26-19)27-20-25-15-6-4-8-22-18(15)31-20/h4-7,16,22H,8-13H2,1-3H3,(H,21,29)(H,23,26)(H,25,27). The van der Waals surface area contributed by atoms with Crippen LogP contribution in [0.2, 0.25) is 0 Å². The van der Waals surface area contributed by atoms with Crippen molar-refractivity contribution in [2.45, 2.75) is 12.6 Å². The molecule has 0 radical (unpaired) electrons. The Morgan fingerprint density at radius 2 is 2.35 bits per heavy atom. The molecule has 0 fully saturated rings. The quantitative estimate of drug-likeness (QED) is 0.313. The van der Waals surface area contributed by atoms with Gasteiger partial charge in [0, 0.05) is 39.2 Å². The predicted molar refractivity (Wildman–Crippen MR) is 127 cm³/mol. The van der Waals surface area contributed by atoms with Crippen LogP contribution in [0.1, 0.15) is 12.1 Å². The molecule has 1 aromatic heterocycles. The lowest BCUT2D eigenvalue weighted by Gasteiger charge is -2.25. The molecule has 1 atom stereocenters. The number of hydrogen-bond acceptors (Lipinski definition) is 8. The largest absolute Gasteiger partial charge is 0.379 e. The van der Waals surface area contributed by atoms with Crippen LogP contribution in [0, 0.1) is 0 Å². The SMILES string of the molecule is COCC1=NC(=NCCNC(=O)C=CCN(C)C)NC(Nc2nc3c(s2)NCC=C3)C1. The summed E-state index contributed by atoms with van der Waals surface area (Å²) < 4.78 is 5.26. The highest BCUT2D eigenvalue weighted by atomic mass is 32.1. The van der Waals surface area contributed by atoms with Gasteiger partial charge in [-0.25, -0.2) is 15.0 Å². The molecule has 0 aromatic carbocycles. The average Bonchev–Trinajstić information content (AvgIpc) is 3.13. The second-order valence-electron chi connectivity index (χ2n) is 7.33. The first-order chi connectivity index (χ1) is 15.0. The van der Waals surface area contributed by atoms with Gasteiger partial charge in [-0.1, -0.05) is 23.5 Å². The molecule has 3 rings (SSSR count). The summed E-state index contributed by atoms with van der Waals surface area (Å²) in [6.07, 6.45) is 8.02. The fraction of sp³-hybridized carbons (Fsp3) is 0.500. The third-order valence-corrected chi connectivity index (χ3v) is 5.30. The van der Waals surface area contributed by atoms with Crippen molar-refractivity contribution >= 4 is 45.1 Å². The van der Waals surface area contributed by atoms with Gasteiger partial charge >= 0.3 is 0 Å². The van der Waals surface area contributed by atoms with Crippen molar-refractivity contribution in [1.29, 1.82) is 0 Å². The summed E-state index contributed by atoms with van der Waals surface area (Å²) in [5, 5.41) is 14.8. The van der Waals surface area contributed by atoms with Crippen LogP contribution in [0.4, 0.5) is 10.1 Å². The summed E-state index contributed by atoms with van der Waals surface area (Å²) in [7, 11) is 5.55. The summed E-state index contributed by atoms with van der Waals surface area (Å²) in [4.78, 5) is 27.4. The van der Waals surface area contributed by atoms with Crippen molar-refractivity contribution in [2.24, 2.45) is 9.98 Å². The number of guanidine groups is 1. The van der Waals surface area contributed by atoms with Crippen molar-refractivity contribution < 1.29 is 9.53 Å². The molecule has 168 valence electrons. The van der Waals surface area contributed by atoms with E-state index in [1.165, 1.54) is 0 Å². The van der Waals surface area contributed by atoms with E-state index in [4.69, 9.17) is 4.74 Å². The van der Waals surface area contributed by atoms with Crippen LogP contribution in [0.25, 0.3) is 6.08 Å². The smallest absolute Gasteiger partial charge is 0.243 e. The summed E-state index contributed by atoms with van der Waals surface area (Å²) in [6.45, 7) is 2.83. The minimum Gasteiger partial charge on any atom is -0.379 e. The number of aromatic nitrogens is 1. The maximum Gasteiger partial charge on any atom is 0.243 e. The molecule has 0 saturated carbocycles. The van der Waals surface area contributed by atoms with Crippen molar-refractivity contribution in [3.8, 4) is 0 Å². The Hall–Kier alpha value is -2.76. The minimum atomic E-state index is -0.128. The van der Waals surface area contributed by atoms with E-state index < -0.39 is 0 Å². The molecule has 4 N–H and O–H groups in total. The molecule has 2 aliphatic heterocycles. The number of anilines is 2. The number of rotatable bonds is 10. The zero-order chi connectivity index (χ0) is 22.1. The van der Waals surface area contributed by atoms with Crippen molar-refractivity contribution in [3.63, 3.8) is 0 Å². The van der Waals surface area contributed by atoms with Gasteiger partial charge in [0.15, 0.2) is 5.13 Å². The zero-order valence-electron chi connectivity index (χ0n) is 18.1. The predicted octanol–water partition coefficient (Wildman–Crippen LogP) is 0.991. The number of methoxy groups -OCH3 is 1. The van der Waals surface area contributed by atoms with Gasteiger partial charge in [0.25, 0.3) is 0 Å². The summed E-state index contributed by atoms with van der Waals surface area (Å²) in [5.41, 5.74) is 1.84. The molecule has 1 aromatic rings. The van der Waals surface area contributed by atoms with Gasteiger partial charge in [-0.2, -0.15) is 0 Å². The van der Waals surface area contributed by atoms with Gasteiger partial charge in [-0.3, -0.25) is 4.79 Å². The number of fused-ring (bicyclic) bond motifs is 1. The maximum absolute atomic E-state index is 11.8. The van der Waals surface area contributed by atoms with E-state index in [0.29, 0.717) is 32.1 Å². The molecule has 2 aliphatic rings. The van der Waals surface area contributed by atoms with Crippen LogP contribution in [-0.4, -0.2) is 87.6 Å². The van der Waals surface area contributed by atoms with Crippen LogP contribution in [0.5, 0.6) is 0 Å². The van der Waals surface area contributed by atoms with Crippen molar-refractivity contribution in [2.75, 3.05) is 64.6 Å². The number of carbonyl (C=O) groups excluding carboxylic acids is 1. The van der Waals surface area contributed by atoms with E-state index in [9.17, 15) is 4.79 Å². The highest BCUT2D eigenvalue weighted by Gasteiger charge is 2.21. The molecular formula is C20H30N8O2S. The molecule has 1 amide bonds. The first-order valence-electron chi connectivity index (χ1n) is 10.2. The van der Waals surface area contributed by atoms with Crippen LogP contribution in [0.15, 0.2) is 28.2 Å². The molecule has 3 heterocycles. The Bertz CT molecular complexity index is 875. The van der Waals surface area contributed by atoms with E-state index in [0.717, 1.165) is 34.6 Å². The molecule has 0 aliphatic carbocycles. The lowest BCUT2D eigenvalue weighted by Crippen LogP contribution is -2.46. The number of aliphatic imine (C=N–C) groups is 2. The van der Waals surface area contributed by atoms with Gasteiger partial charge in [-0.15, -0.1) is 0 Å². The number of hydrogen-bond donors (Lipinski definition) is 4. The second kappa shape index (κ2) is 11.6. The van der Waals surface area contributed by atoms with Gasteiger partial charge in [0.1, 0.15) is 11.2 Å². The number of ether oxygens (including phenoxy) is 1. The third kappa shape index (κ3) is 7.46. The fourth-order valence-electron chi connectivity index (χ4n) is 2.97. The third-order valence-electron chi connectivity index (χ3n) is 4.34. The van der Waals surface area contributed by atoms with E-state index in [1.807, 2.05) is 31.1 Å². The lowest BCUT2D eigenvalue weighted by molar-refractivity contribution is -0.116. The number of nitrogens with zero attached hydrogens (tertiary/aromatic N) is 4. The van der Waals surface area contributed by atoms with Gasteiger partial charge < -0.3 is 30.9 Å². The molecule has 10 nitrogen and oxygen atoms in total. The molecule has 0 spiro atoms. The lowest BCUT2D eigenvalue weighted by atomic mass is 10.2. The first-order valence-corrected chi connectivity index (χ1v) is 11.0. The summed E-state index contributed by atoms with van der Waals surface area (Å²) >= 11 is 1.59. The highest BCUT2D eigenvalue weighted by Crippen LogP contribution is 2.31. The maximum atomic E-state index is 11.8. The van der Waals surface area contributed by atoms with Gasteiger partial charge in [0.05, 0.1) is 24.6 Å². The van der Waals surface area contributed by atoms with E-state index >= 15 is 0 Å². The number of likely N-dealkylation sites (N-methyl/N-ethyl adjacent to an activating group) is 1. The van der Waals surface area contributed by atoms with Crippen molar-refractivity contribution in [1.82, 2.24) is 20.5 Å². The first kappa shape index (κ1) is 22.9. The van der Waals surface area contributed by atoms with E-state index in [-0.39, 0.29) is 12.1 Å². The van der Waals surface area contributed by atoms with Crippen molar-refractivity contribution in [3.05, 3.63) is 23.9 Å². The van der Waals surface area contributed by atoms with E-state index in [1.54, 1.807) is 24.5 Å². The van der Waals surface area contributed by atoms with Gasteiger partial charge in [0.2, 0.25) is 11.9 Å². The Kier molecular flexibility index (Phi) is 8.56. The normalized spacial score (nSPS) is 19.2. The number of carbonyl (C=O) groups is 1. The molecule has 0 saturated heterocycles. The van der Waals surface area contributed by atoms with Crippen LogP contribution in [-0.2, 0) is 9.53 Å². The monoisotopic (exact) mass is 446 g/mol. The van der Waals surface area contributed by atoms with Crippen LogP contribution in [0.3, 0.4) is 0 Å². The molecule has 11 heteroatoms. The zero-order valence-corrected chi connectivity index (χ0v) is 19.0. The number of nitrogens with one attached hydrogen (secondary N) is 4. The molecule has 0 bridgehead atoms. The summed E-state index contributed by atoms with van der Waals surface area (Å²) in [6, 6.07) is 0. The molecular weight excluding hydrogens is 416 g/mol. The van der Waals surface area contributed by atoms with Crippen LogP contribution >= 0.6 is 11.3 Å². The average molecular weight is 447 g/mol. The summed E-state index contributed by atoms with van der Waals surface area (Å²) in [5.74, 6) is 0.393. The fourth-order valence-corrected chi connectivity index (χ4v) is 3.88. The molecule has 31 heavy (non-hydrogen) atoms. The Labute approximate surface area is 186 Å². The minimum absolute atomic E-state index is 0.0958. The Morgan fingerprint density at radius 1 is 1.48 bits per heavy atom. The molecule has 1 unspecified atom stereocenters. The van der Waals surface area contributed by atoms with E-state index in [2.05, 4.69) is 42.3 Å². The topological polar surface area (TPSA) is 115 Å². The number of amides is 1. The highest BCUT2D eigenvalue weighted by molar-refractivity contribution is 7.19. The van der Waals surface area contributed by atoms with Gasteiger partial charge in [-0.05, 0) is 20.2 Å². The Morgan fingerprint density at radius 3 is 3.13 bits per heavy atom. The Balaban J connectivity index is 1.53. The number of thiazole rings is 1. The van der Waals surface area contributed by atoms with Crippen LogP contribution < -0.4 is 21.3 Å². The second-order valence-corrected chi connectivity index (χ2v) is 8.33.